The molecule has 3 heterocycles. The molecule has 0 unspecified atom stereocenters. The molecule has 32 heavy (non-hydrogen) atoms. The Morgan fingerprint density at radius 1 is 1.19 bits per heavy atom. The van der Waals surface area contributed by atoms with E-state index in [1.54, 1.807) is 0 Å². The second kappa shape index (κ2) is 11.1. The first kappa shape index (κ1) is 23.1. The topological polar surface area (TPSA) is 82.7 Å². The fourth-order valence-electron chi connectivity index (χ4n) is 5.17. The average Bonchev–Trinajstić information content (AvgIpc) is 3.50. The minimum Gasteiger partial charge on any atom is -0.494 e. The number of ether oxygens (including phenoxy) is 1. The standard InChI is InChI=1S/C25H38N4O3/c1-18-15-21(32-14-4-5-19-8-10-26-11-9-19)6-7-22(18)24(30)28-20-16-23(27-17-20)25(31)29-12-2-3-13-29/h6-7,15,19-20,23,26-27H,2-5,8-14,16-17H2,1H3,(H,28,30)/t20-,23-/m0/s1. The molecule has 7 nitrogen and oxygen atoms in total. The van der Waals surface area contributed by atoms with E-state index in [1.807, 2.05) is 30.0 Å². The van der Waals surface area contributed by atoms with E-state index in [0.717, 1.165) is 69.3 Å². The highest BCUT2D eigenvalue weighted by Gasteiger charge is 2.34. The molecule has 2 amide bonds. The fourth-order valence-corrected chi connectivity index (χ4v) is 5.17. The van der Waals surface area contributed by atoms with Gasteiger partial charge in [-0.1, -0.05) is 0 Å². The lowest BCUT2D eigenvalue weighted by molar-refractivity contribution is -0.132. The molecule has 2 atom stereocenters. The number of carbonyl (C=O) groups excluding carboxylic acids is 2. The molecule has 3 fully saturated rings. The normalized spacial score (nSPS) is 24.0. The number of aryl methyl sites for hydroxylation is 1. The number of piperidine rings is 1. The fraction of sp³-hybridized carbons (Fsp3) is 0.680. The van der Waals surface area contributed by atoms with Gasteiger partial charge in [-0.15, -0.1) is 0 Å². The monoisotopic (exact) mass is 442 g/mol. The van der Waals surface area contributed by atoms with Crippen molar-refractivity contribution in [2.75, 3.05) is 39.3 Å². The van der Waals surface area contributed by atoms with Crippen LogP contribution in [0.1, 0.15) is 60.9 Å². The Morgan fingerprint density at radius 2 is 1.97 bits per heavy atom. The van der Waals surface area contributed by atoms with Crippen LogP contribution >= 0.6 is 0 Å². The van der Waals surface area contributed by atoms with Crippen molar-refractivity contribution < 1.29 is 14.3 Å². The van der Waals surface area contributed by atoms with Crippen molar-refractivity contribution in [3.63, 3.8) is 0 Å². The maximum absolute atomic E-state index is 12.8. The second-order valence-electron chi connectivity index (χ2n) is 9.56. The van der Waals surface area contributed by atoms with Crippen molar-refractivity contribution in [3.8, 4) is 5.75 Å². The van der Waals surface area contributed by atoms with E-state index >= 15 is 0 Å². The van der Waals surface area contributed by atoms with Crippen LogP contribution in [0.2, 0.25) is 0 Å². The van der Waals surface area contributed by atoms with Crippen molar-refractivity contribution in [1.29, 1.82) is 0 Å². The van der Waals surface area contributed by atoms with Crippen LogP contribution in [0.15, 0.2) is 18.2 Å². The summed E-state index contributed by atoms with van der Waals surface area (Å²) in [6.07, 6.45) is 7.67. The molecule has 3 saturated heterocycles. The molecule has 3 aliphatic heterocycles. The van der Waals surface area contributed by atoms with Gasteiger partial charge >= 0.3 is 0 Å². The van der Waals surface area contributed by atoms with Gasteiger partial charge in [-0.2, -0.15) is 0 Å². The third-order valence-corrected chi connectivity index (χ3v) is 7.11. The van der Waals surface area contributed by atoms with Crippen LogP contribution < -0.4 is 20.7 Å². The van der Waals surface area contributed by atoms with Crippen LogP contribution in [-0.2, 0) is 4.79 Å². The first-order chi connectivity index (χ1) is 15.6. The van der Waals surface area contributed by atoms with Gasteiger partial charge in [0.2, 0.25) is 5.91 Å². The number of benzene rings is 1. The van der Waals surface area contributed by atoms with Gasteiger partial charge in [0.15, 0.2) is 0 Å². The van der Waals surface area contributed by atoms with Crippen LogP contribution in [0.25, 0.3) is 0 Å². The summed E-state index contributed by atoms with van der Waals surface area (Å²) in [4.78, 5) is 27.3. The Labute approximate surface area is 191 Å². The van der Waals surface area contributed by atoms with Crippen molar-refractivity contribution in [3.05, 3.63) is 29.3 Å². The molecule has 0 radical (unpaired) electrons. The van der Waals surface area contributed by atoms with Crippen molar-refractivity contribution in [1.82, 2.24) is 20.9 Å². The summed E-state index contributed by atoms with van der Waals surface area (Å²) in [5.41, 5.74) is 1.58. The summed E-state index contributed by atoms with van der Waals surface area (Å²) in [7, 11) is 0. The number of hydrogen-bond acceptors (Lipinski definition) is 5. The third-order valence-electron chi connectivity index (χ3n) is 7.11. The maximum Gasteiger partial charge on any atom is 0.251 e. The highest BCUT2D eigenvalue weighted by Crippen LogP contribution is 2.21. The zero-order chi connectivity index (χ0) is 22.3. The van der Waals surface area contributed by atoms with E-state index in [0.29, 0.717) is 18.5 Å². The molecule has 1 aromatic carbocycles. The summed E-state index contributed by atoms with van der Waals surface area (Å²) < 4.78 is 5.94. The minimum absolute atomic E-state index is 0.0237. The Morgan fingerprint density at radius 3 is 2.72 bits per heavy atom. The zero-order valence-electron chi connectivity index (χ0n) is 19.3. The summed E-state index contributed by atoms with van der Waals surface area (Å²) in [5.74, 6) is 1.74. The molecular formula is C25H38N4O3. The minimum atomic E-state index is -0.180. The maximum atomic E-state index is 12.8. The lowest BCUT2D eigenvalue weighted by Gasteiger charge is -2.22. The molecule has 7 heteroatoms. The van der Waals surface area contributed by atoms with Crippen molar-refractivity contribution in [2.45, 2.75) is 64.0 Å². The van der Waals surface area contributed by atoms with Gasteiger partial charge in [0, 0.05) is 31.2 Å². The highest BCUT2D eigenvalue weighted by atomic mass is 16.5. The van der Waals surface area contributed by atoms with Gasteiger partial charge < -0.3 is 25.6 Å². The number of amides is 2. The molecule has 0 aromatic heterocycles. The van der Waals surface area contributed by atoms with E-state index in [2.05, 4.69) is 16.0 Å². The molecular weight excluding hydrogens is 404 g/mol. The molecule has 3 N–H and O–H groups in total. The van der Waals surface area contributed by atoms with Gasteiger partial charge in [0.05, 0.1) is 12.6 Å². The summed E-state index contributed by atoms with van der Waals surface area (Å²) >= 11 is 0. The van der Waals surface area contributed by atoms with Crippen LogP contribution in [0.4, 0.5) is 0 Å². The molecule has 1 aromatic rings. The number of nitrogens with zero attached hydrogens (tertiary/aromatic N) is 1. The zero-order valence-corrected chi connectivity index (χ0v) is 19.3. The number of carbonyl (C=O) groups is 2. The van der Waals surface area contributed by atoms with Gasteiger partial charge in [0.25, 0.3) is 5.91 Å². The van der Waals surface area contributed by atoms with Crippen LogP contribution in [0, 0.1) is 12.8 Å². The van der Waals surface area contributed by atoms with Gasteiger partial charge in [-0.3, -0.25) is 9.59 Å². The first-order valence-electron chi connectivity index (χ1n) is 12.4. The van der Waals surface area contributed by atoms with Crippen LogP contribution in [-0.4, -0.2) is 68.1 Å². The van der Waals surface area contributed by atoms with Crippen molar-refractivity contribution >= 4 is 11.8 Å². The first-order valence-corrected chi connectivity index (χ1v) is 12.4. The summed E-state index contributed by atoms with van der Waals surface area (Å²) in [6, 6.07) is 5.48. The summed E-state index contributed by atoms with van der Waals surface area (Å²) in [6.45, 7) is 7.30. The van der Waals surface area contributed by atoms with E-state index in [1.165, 1.54) is 19.3 Å². The predicted octanol–water partition coefficient (Wildman–Crippen LogP) is 2.24. The van der Waals surface area contributed by atoms with E-state index < -0.39 is 0 Å². The Balaban J connectivity index is 1.21. The Kier molecular flexibility index (Phi) is 8.03. The predicted molar refractivity (Wildman–Crippen MR) is 125 cm³/mol. The Bertz CT molecular complexity index is 787. The lowest BCUT2D eigenvalue weighted by Crippen LogP contribution is -2.42. The molecule has 0 saturated carbocycles. The quantitative estimate of drug-likeness (QED) is 0.538. The van der Waals surface area contributed by atoms with E-state index in [-0.39, 0.29) is 23.9 Å². The summed E-state index contributed by atoms with van der Waals surface area (Å²) in [5, 5.41) is 9.80. The molecule has 176 valence electrons. The van der Waals surface area contributed by atoms with Crippen LogP contribution in [0.3, 0.4) is 0 Å². The molecule has 0 bridgehead atoms. The largest absolute Gasteiger partial charge is 0.494 e. The molecule has 0 aliphatic carbocycles. The highest BCUT2D eigenvalue weighted by molar-refractivity contribution is 5.96. The van der Waals surface area contributed by atoms with Crippen LogP contribution in [0.5, 0.6) is 5.75 Å². The third kappa shape index (κ3) is 6.01. The lowest BCUT2D eigenvalue weighted by atomic mass is 9.93. The number of likely N-dealkylation sites (tertiary alicyclic amines) is 1. The smallest absolute Gasteiger partial charge is 0.251 e. The number of nitrogens with one attached hydrogen (secondary N) is 3. The average molecular weight is 443 g/mol. The number of rotatable bonds is 8. The molecule has 0 spiro atoms. The molecule has 4 rings (SSSR count). The van der Waals surface area contributed by atoms with Gasteiger partial charge in [0.1, 0.15) is 5.75 Å². The Hall–Kier alpha value is -2.12. The molecule has 3 aliphatic rings. The second-order valence-corrected chi connectivity index (χ2v) is 9.56. The SMILES string of the molecule is Cc1cc(OCCCC2CCNCC2)ccc1C(=O)N[C@@H]1CN[C@H](C(=O)N2CCCC2)C1. The van der Waals surface area contributed by atoms with Gasteiger partial charge in [-0.25, -0.2) is 0 Å². The van der Waals surface area contributed by atoms with Gasteiger partial charge in [-0.05, 0) is 94.6 Å². The number of hydrogen-bond donors (Lipinski definition) is 3. The van der Waals surface area contributed by atoms with E-state index in [4.69, 9.17) is 4.74 Å². The van der Waals surface area contributed by atoms with E-state index in [9.17, 15) is 9.59 Å². The van der Waals surface area contributed by atoms with Crippen molar-refractivity contribution in [2.24, 2.45) is 5.92 Å².